The number of amides is 2. The number of ether oxygens (including phenoxy) is 1. The molecule has 0 saturated heterocycles. The van der Waals surface area contributed by atoms with Crippen LogP contribution in [0.1, 0.15) is 53.7 Å². The normalized spacial score (nSPS) is 14.8. The molecule has 1 aliphatic rings. The van der Waals surface area contributed by atoms with E-state index >= 15 is 0 Å². The minimum atomic E-state index is -4.66. The molecule has 1 aliphatic heterocycles. The Bertz CT molecular complexity index is 1420. The minimum absolute atomic E-state index is 0.161. The van der Waals surface area contributed by atoms with Crippen LogP contribution in [0.4, 0.5) is 13.2 Å². The van der Waals surface area contributed by atoms with Crippen LogP contribution in [0.25, 0.3) is 0 Å². The van der Waals surface area contributed by atoms with Gasteiger partial charge in [-0.1, -0.05) is 0 Å². The smallest absolute Gasteiger partial charge is 0.416 e. The first-order valence-electron chi connectivity index (χ1n) is 12.9. The molecule has 0 saturated carbocycles. The molecular weight excluding hydrogens is 599 g/mol. The van der Waals surface area contributed by atoms with Gasteiger partial charge in [0.25, 0.3) is 5.91 Å². The number of sulfonamides is 1. The fraction of sp³-hybridized carbons (Fsp3) is 0.462. The zero-order valence-corrected chi connectivity index (χ0v) is 24.8. The van der Waals surface area contributed by atoms with Crippen LogP contribution in [-0.4, -0.2) is 63.4 Å². The summed E-state index contributed by atoms with van der Waals surface area (Å²) in [6.45, 7) is 5.57. The SMILES string of the molecule is CC(C)(C)OC(=O)[C@H](CNC(=O)c1ccc(CCC(=O)NC2=NCCCN2)s1)NS(=O)(=O)c1ccc(C(F)(F)F)cc1. The lowest BCUT2D eigenvalue weighted by atomic mass is 10.2. The number of benzene rings is 1. The van der Waals surface area contributed by atoms with Crippen LogP contribution in [0.3, 0.4) is 0 Å². The van der Waals surface area contributed by atoms with Crippen molar-refractivity contribution in [2.45, 2.75) is 62.7 Å². The minimum Gasteiger partial charge on any atom is -0.459 e. The van der Waals surface area contributed by atoms with E-state index in [0.717, 1.165) is 41.3 Å². The Hall–Kier alpha value is -3.50. The number of carbonyl (C=O) groups is 3. The van der Waals surface area contributed by atoms with Gasteiger partial charge in [-0.2, -0.15) is 17.9 Å². The Kier molecular flexibility index (Phi) is 10.7. The molecule has 230 valence electrons. The number of hydrogen-bond donors (Lipinski definition) is 4. The fourth-order valence-electron chi connectivity index (χ4n) is 3.59. The van der Waals surface area contributed by atoms with Gasteiger partial charge in [0, 0.05) is 30.9 Å². The largest absolute Gasteiger partial charge is 0.459 e. The fourth-order valence-corrected chi connectivity index (χ4v) is 5.70. The lowest BCUT2D eigenvalue weighted by Gasteiger charge is -2.24. The average molecular weight is 632 g/mol. The summed E-state index contributed by atoms with van der Waals surface area (Å²) in [5.41, 5.74) is -2.03. The number of hydrogen-bond acceptors (Lipinski definition) is 9. The molecule has 42 heavy (non-hydrogen) atoms. The molecule has 0 radical (unpaired) electrons. The summed E-state index contributed by atoms with van der Waals surface area (Å²) in [4.78, 5) is 42.5. The van der Waals surface area contributed by atoms with Gasteiger partial charge >= 0.3 is 12.1 Å². The number of aryl methyl sites for hydroxylation is 1. The predicted molar refractivity (Wildman–Crippen MR) is 149 cm³/mol. The standard InChI is InChI=1S/C26H32F3N5O6S2/c1-25(2,3)40-23(37)19(34-42(38,39)18-9-5-16(6-10-18)26(27,28)29)15-32-22(36)20-11-7-17(41-20)8-12-21(35)33-24-30-13-4-14-31-24/h5-7,9-11,19,34H,4,8,12-15H2,1-3H3,(H,32,36)(H2,30,31,33,35)/t19-/m0/s1. The third kappa shape index (κ3) is 10.1. The van der Waals surface area contributed by atoms with Crippen molar-refractivity contribution in [2.75, 3.05) is 19.6 Å². The van der Waals surface area contributed by atoms with Crippen LogP contribution in [0.15, 0.2) is 46.3 Å². The number of alkyl halides is 3. The number of thiophene rings is 1. The van der Waals surface area contributed by atoms with E-state index < -0.39 is 56.7 Å². The van der Waals surface area contributed by atoms with Gasteiger partial charge < -0.3 is 15.4 Å². The maximum atomic E-state index is 12.9. The molecular formula is C26H32F3N5O6S2. The molecule has 2 amide bonds. The molecule has 16 heteroatoms. The van der Waals surface area contributed by atoms with E-state index in [1.165, 1.54) is 6.07 Å². The first-order valence-corrected chi connectivity index (χ1v) is 15.2. The second kappa shape index (κ2) is 13.6. The van der Waals surface area contributed by atoms with Crippen LogP contribution >= 0.6 is 11.3 Å². The Morgan fingerprint density at radius 2 is 1.79 bits per heavy atom. The maximum absolute atomic E-state index is 12.9. The van der Waals surface area contributed by atoms with Crippen LogP contribution < -0.4 is 20.7 Å². The quantitative estimate of drug-likeness (QED) is 0.294. The second-order valence-electron chi connectivity index (χ2n) is 10.3. The molecule has 0 fully saturated rings. The highest BCUT2D eigenvalue weighted by atomic mass is 32.2. The first-order chi connectivity index (χ1) is 19.5. The van der Waals surface area contributed by atoms with Crippen molar-refractivity contribution < 1.29 is 40.7 Å². The van der Waals surface area contributed by atoms with Gasteiger partial charge in [-0.15, -0.1) is 11.3 Å². The lowest BCUT2D eigenvalue weighted by molar-refractivity contribution is -0.156. The van der Waals surface area contributed by atoms with Crippen molar-refractivity contribution in [3.05, 3.63) is 51.7 Å². The highest BCUT2D eigenvalue weighted by molar-refractivity contribution is 7.89. The molecule has 2 aromatic rings. The van der Waals surface area contributed by atoms with Gasteiger partial charge in [0.05, 0.1) is 15.3 Å². The highest BCUT2D eigenvalue weighted by Crippen LogP contribution is 2.29. The molecule has 2 heterocycles. The van der Waals surface area contributed by atoms with E-state index in [1.54, 1.807) is 26.8 Å². The Balaban J connectivity index is 1.63. The Morgan fingerprint density at radius 1 is 1.10 bits per heavy atom. The Morgan fingerprint density at radius 3 is 2.38 bits per heavy atom. The van der Waals surface area contributed by atoms with E-state index in [-0.39, 0.29) is 17.2 Å². The summed E-state index contributed by atoms with van der Waals surface area (Å²) in [6, 6.07) is 4.39. The third-order valence-corrected chi connectivity index (χ3v) is 8.22. The van der Waals surface area contributed by atoms with E-state index in [9.17, 15) is 36.0 Å². The van der Waals surface area contributed by atoms with Crippen molar-refractivity contribution >= 4 is 45.1 Å². The number of esters is 1. The van der Waals surface area contributed by atoms with Gasteiger partial charge in [0.1, 0.15) is 11.6 Å². The first kappa shape index (κ1) is 33.0. The van der Waals surface area contributed by atoms with Crippen molar-refractivity contribution in [3.8, 4) is 0 Å². The zero-order valence-electron chi connectivity index (χ0n) is 23.1. The van der Waals surface area contributed by atoms with Gasteiger partial charge in [0.2, 0.25) is 15.9 Å². The number of nitrogens with zero attached hydrogens (tertiary/aromatic N) is 1. The zero-order chi connectivity index (χ0) is 31.1. The second-order valence-corrected chi connectivity index (χ2v) is 13.1. The maximum Gasteiger partial charge on any atom is 0.416 e. The number of guanidine groups is 1. The molecule has 0 unspecified atom stereocenters. The molecule has 0 aliphatic carbocycles. The number of carbonyl (C=O) groups excluding carboxylic acids is 3. The number of halogens is 3. The van der Waals surface area contributed by atoms with E-state index in [0.29, 0.717) is 31.1 Å². The summed E-state index contributed by atoms with van der Waals surface area (Å²) in [7, 11) is -4.47. The van der Waals surface area contributed by atoms with Crippen LogP contribution in [-0.2, 0) is 36.9 Å². The summed E-state index contributed by atoms with van der Waals surface area (Å²) >= 11 is 1.13. The summed E-state index contributed by atoms with van der Waals surface area (Å²) in [5, 5.41) is 8.18. The Labute approximate surface area is 245 Å². The van der Waals surface area contributed by atoms with Gasteiger partial charge in [-0.05, 0) is 70.0 Å². The lowest BCUT2D eigenvalue weighted by Crippen LogP contribution is -2.50. The molecule has 4 N–H and O–H groups in total. The van der Waals surface area contributed by atoms with Crippen molar-refractivity contribution in [1.82, 2.24) is 20.7 Å². The van der Waals surface area contributed by atoms with Crippen molar-refractivity contribution in [2.24, 2.45) is 4.99 Å². The summed E-state index contributed by atoms with van der Waals surface area (Å²) < 4.78 is 71.8. The average Bonchev–Trinajstić information content (AvgIpc) is 3.38. The monoisotopic (exact) mass is 631 g/mol. The van der Waals surface area contributed by atoms with E-state index in [4.69, 9.17) is 4.74 Å². The molecule has 1 aromatic carbocycles. The van der Waals surface area contributed by atoms with Crippen LogP contribution in [0, 0.1) is 0 Å². The molecule has 3 rings (SSSR count). The number of aliphatic imine (C=N–C) groups is 1. The number of nitrogens with one attached hydrogen (secondary N) is 4. The highest BCUT2D eigenvalue weighted by Gasteiger charge is 2.33. The molecule has 1 atom stereocenters. The van der Waals surface area contributed by atoms with E-state index in [2.05, 4.69) is 25.7 Å². The summed E-state index contributed by atoms with van der Waals surface area (Å²) in [6.07, 6.45) is -3.24. The van der Waals surface area contributed by atoms with E-state index in [1.807, 2.05) is 0 Å². The summed E-state index contributed by atoms with van der Waals surface area (Å²) in [5.74, 6) is -1.39. The predicted octanol–water partition coefficient (Wildman–Crippen LogP) is 2.58. The van der Waals surface area contributed by atoms with Gasteiger partial charge in [-0.25, -0.2) is 8.42 Å². The van der Waals surface area contributed by atoms with Crippen LogP contribution in [0.5, 0.6) is 0 Å². The molecule has 0 bridgehead atoms. The molecule has 11 nitrogen and oxygen atoms in total. The van der Waals surface area contributed by atoms with Crippen molar-refractivity contribution in [1.29, 1.82) is 0 Å². The molecule has 1 aromatic heterocycles. The number of rotatable bonds is 10. The molecule has 0 spiro atoms. The van der Waals surface area contributed by atoms with Crippen LogP contribution in [0.2, 0.25) is 0 Å². The van der Waals surface area contributed by atoms with Crippen molar-refractivity contribution in [3.63, 3.8) is 0 Å². The topological polar surface area (TPSA) is 155 Å². The third-order valence-electron chi connectivity index (χ3n) is 5.59. The van der Waals surface area contributed by atoms with Gasteiger partial charge in [0.15, 0.2) is 5.96 Å². The van der Waals surface area contributed by atoms with Gasteiger partial charge in [-0.3, -0.25) is 24.7 Å².